The van der Waals surface area contributed by atoms with Crippen LogP contribution in [-0.4, -0.2) is 39.9 Å². The van der Waals surface area contributed by atoms with Crippen molar-refractivity contribution in [3.05, 3.63) is 87.5 Å². The molecule has 1 aliphatic rings. The first kappa shape index (κ1) is 22.9. The van der Waals surface area contributed by atoms with Crippen LogP contribution in [0.4, 0.5) is 4.79 Å². The second-order valence-corrected chi connectivity index (χ2v) is 8.48. The van der Waals surface area contributed by atoms with E-state index in [1.807, 2.05) is 0 Å². The third-order valence-corrected chi connectivity index (χ3v) is 4.95. The van der Waals surface area contributed by atoms with E-state index in [9.17, 15) is 24.5 Å². The van der Waals surface area contributed by atoms with E-state index in [0.29, 0.717) is 16.0 Å². The number of carbonyl (C=O) groups excluding carboxylic acids is 3. The molecule has 1 saturated heterocycles. The first-order chi connectivity index (χ1) is 15.1. The molecule has 2 atom stereocenters. The number of imide groups is 3. The van der Waals surface area contributed by atoms with Gasteiger partial charge in [-0.3, -0.25) is 19.7 Å². The zero-order valence-electron chi connectivity index (χ0n) is 18.1. The van der Waals surface area contributed by atoms with Gasteiger partial charge >= 0.3 is 6.09 Å². The third kappa shape index (κ3) is 5.08. The Labute approximate surface area is 185 Å². The van der Waals surface area contributed by atoms with Gasteiger partial charge in [0, 0.05) is 10.5 Å². The molecule has 0 radical (unpaired) electrons. The summed E-state index contributed by atoms with van der Waals surface area (Å²) < 4.78 is 5.26. The number of hydrogen-bond donors (Lipinski definition) is 0. The molecule has 0 N–H and O–H groups in total. The van der Waals surface area contributed by atoms with E-state index in [-0.39, 0.29) is 5.57 Å². The van der Waals surface area contributed by atoms with Gasteiger partial charge in [-0.05, 0) is 38.0 Å². The minimum atomic E-state index is -1.21. The largest absolute Gasteiger partial charge is 0.443 e. The lowest BCUT2D eigenvalue weighted by molar-refractivity contribution is -0.484. The van der Waals surface area contributed by atoms with Crippen molar-refractivity contribution in [2.75, 3.05) is 6.54 Å². The van der Waals surface area contributed by atoms with Gasteiger partial charge in [0.05, 0.1) is 11.8 Å². The number of rotatable bonds is 5. The van der Waals surface area contributed by atoms with Crippen LogP contribution in [0.2, 0.25) is 0 Å². The van der Waals surface area contributed by atoms with Crippen molar-refractivity contribution in [3.63, 3.8) is 0 Å². The Hall–Kier alpha value is -3.81. The summed E-state index contributed by atoms with van der Waals surface area (Å²) in [6.07, 6.45) is 0.410. The van der Waals surface area contributed by atoms with Crippen LogP contribution < -0.4 is 0 Å². The number of likely N-dealkylation sites (tertiary alicyclic amines) is 1. The van der Waals surface area contributed by atoms with Gasteiger partial charge in [-0.25, -0.2) is 4.79 Å². The molecule has 0 bridgehead atoms. The molecule has 0 spiro atoms. The molecule has 1 heterocycles. The van der Waals surface area contributed by atoms with Gasteiger partial charge in [0.1, 0.15) is 5.60 Å². The average molecular weight is 436 g/mol. The van der Waals surface area contributed by atoms with Gasteiger partial charge in [0.25, 0.3) is 5.91 Å². The van der Waals surface area contributed by atoms with Gasteiger partial charge < -0.3 is 4.74 Å². The highest BCUT2D eigenvalue weighted by molar-refractivity contribution is 6.24. The van der Waals surface area contributed by atoms with Crippen molar-refractivity contribution in [2.45, 2.75) is 32.3 Å². The monoisotopic (exact) mass is 436 g/mol. The standard InChI is InChI=1S/C24H24N2O6/c1-24(2,3)32-23(29)26-21(27)18(14-16-10-6-4-7-11-16)20(22(26)28)19(15-25(30)31)17-12-8-5-9-13-17/h4-14,19-20H,15H2,1-3H3/b18-14-/t19-,20-/m1/s1. The molecule has 0 aromatic heterocycles. The second-order valence-electron chi connectivity index (χ2n) is 8.48. The maximum atomic E-state index is 13.4. The molecule has 3 amide bonds. The number of nitrogens with zero attached hydrogens (tertiary/aromatic N) is 2. The lowest BCUT2D eigenvalue weighted by Gasteiger charge is -2.23. The van der Waals surface area contributed by atoms with E-state index in [1.54, 1.807) is 81.4 Å². The summed E-state index contributed by atoms with van der Waals surface area (Å²) in [5.41, 5.74) is 0.245. The van der Waals surface area contributed by atoms with Crippen LogP contribution in [0.1, 0.15) is 37.8 Å². The topological polar surface area (TPSA) is 107 Å². The van der Waals surface area contributed by atoms with Crippen molar-refractivity contribution in [3.8, 4) is 0 Å². The van der Waals surface area contributed by atoms with Crippen LogP contribution in [-0.2, 0) is 14.3 Å². The maximum absolute atomic E-state index is 13.4. The normalized spacial score (nSPS) is 18.7. The molecule has 1 aliphatic heterocycles. The summed E-state index contributed by atoms with van der Waals surface area (Å²) in [4.78, 5) is 50.8. The Balaban J connectivity index is 2.13. The van der Waals surface area contributed by atoms with Crippen molar-refractivity contribution < 1.29 is 24.0 Å². The van der Waals surface area contributed by atoms with E-state index in [0.717, 1.165) is 0 Å². The fourth-order valence-electron chi connectivity index (χ4n) is 3.65. The predicted molar refractivity (Wildman–Crippen MR) is 117 cm³/mol. The smallest absolute Gasteiger partial charge is 0.424 e. The van der Waals surface area contributed by atoms with Crippen LogP contribution in [0.3, 0.4) is 0 Å². The molecule has 32 heavy (non-hydrogen) atoms. The molecule has 0 unspecified atom stereocenters. The average Bonchev–Trinajstić information content (AvgIpc) is 2.96. The number of benzene rings is 2. The highest BCUT2D eigenvalue weighted by Gasteiger charge is 2.52. The minimum absolute atomic E-state index is 0.0164. The lowest BCUT2D eigenvalue weighted by atomic mass is 9.81. The van der Waals surface area contributed by atoms with Crippen LogP contribution >= 0.6 is 0 Å². The molecule has 3 rings (SSSR count). The summed E-state index contributed by atoms with van der Waals surface area (Å²) in [7, 11) is 0. The quantitative estimate of drug-likeness (QED) is 0.303. The maximum Gasteiger partial charge on any atom is 0.424 e. The Morgan fingerprint density at radius 1 is 1.09 bits per heavy atom. The van der Waals surface area contributed by atoms with E-state index in [2.05, 4.69) is 0 Å². The summed E-state index contributed by atoms with van der Waals surface area (Å²) >= 11 is 0. The molecule has 0 saturated carbocycles. The van der Waals surface area contributed by atoms with Gasteiger partial charge in [0.2, 0.25) is 12.5 Å². The number of ether oxygens (including phenoxy) is 1. The van der Waals surface area contributed by atoms with Gasteiger partial charge in [-0.1, -0.05) is 60.7 Å². The van der Waals surface area contributed by atoms with E-state index in [1.165, 1.54) is 6.08 Å². The predicted octanol–water partition coefficient (Wildman–Crippen LogP) is 4.05. The summed E-state index contributed by atoms with van der Waals surface area (Å²) in [6.45, 7) is 4.27. The Morgan fingerprint density at radius 2 is 1.66 bits per heavy atom. The molecule has 2 aromatic rings. The zero-order chi connectivity index (χ0) is 23.5. The fourth-order valence-corrected chi connectivity index (χ4v) is 3.65. The third-order valence-electron chi connectivity index (χ3n) is 4.95. The van der Waals surface area contributed by atoms with E-state index >= 15 is 0 Å². The molecular formula is C24H24N2O6. The van der Waals surface area contributed by atoms with Crippen LogP contribution in [0.15, 0.2) is 66.2 Å². The summed E-state index contributed by atoms with van der Waals surface area (Å²) in [5, 5.41) is 11.5. The SMILES string of the molecule is CC(C)(C)OC(=O)N1C(=O)/C(=C\c2ccccc2)[C@H]([C@H](C[N+](=O)[O-])c2ccccc2)C1=O. The molecule has 166 valence electrons. The van der Waals surface area contributed by atoms with Crippen LogP contribution in [0.5, 0.6) is 0 Å². The van der Waals surface area contributed by atoms with E-state index in [4.69, 9.17) is 4.74 Å². The highest BCUT2D eigenvalue weighted by Crippen LogP contribution is 2.39. The van der Waals surface area contributed by atoms with Crippen molar-refractivity contribution >= 4 is 24.0 Å². The zero-order valence-corrected chi connectivity index (χ0v) is 18.1. The first-order valence-corrected chi connectivity index (χ1v) is 10.1. The first-order valence-electron chi connectivity index (χ1n) is 10.1. The van der Waals surface area contributed by atoms with Gasteiger partial charge in [-0.15, -0.1) is 0 Å². The van der Waals surface area contributed by atoms with Crippen molar-refractivity contribution in [2.24, 2.45) is 5.92 Å². The lowest BCUT2D eigenvalue weighted by Crippen LogP contribution is -2.41. The van der Waals surface area contributed by atoms with Gasteiger partial charge in [-0.2, -0.15) is 4.90 Å². The van der Waals surface area contributed by atoms with E-state index < -0.39 is 46.8 Å². The molecule has 8 heteroatoms. The van der Waals surface area contributed by atoms with Crippen LogP contribution in [0, 0.1) is 16.0 Å². The van der Waals surface area contributed by atoms with Crippen molar-refractivity contribution in [1.29, 1.82) is 0 Å². The molecule has 0 aliphatic carbocycles. The van der Waals surface area contributed by atoms with Crippen LogP contribution in [0.25, 0.3) is 6.08 Å². The minimum Gasteiger partial charge on any atom is -0.443 e. The number of nitro groups is 1. The molecular weight excluding hydrogens is 412 g/mol. The van der Waals surface area contributed by atoms with Gasteiger partial charge in [0.15, 0.2) is 0 Å². The highest BCUT2D eigenvalue weighted by atomic mass is 16.6. The number of carbonyl (C=O) groups is 3. The molecule has 8 nitrogen and oxygen atoms in total. The Kier molecular flexibility index (Phi) is 6.53. The van der Waals surface area contributed by atoms with Crippen molar-refractivity contribution in [1.82, 2.24) is 4.90 Å². The Morgan fingerprint density at radius 3 is 2.19 bits per heavy atom. The summed E-state index contributed by atoms with van der Waals surface area (Å²) in [5.74, 6) is -3.81. The molecule has 2 aromatic carbocycles. The fraction of sp³-hybridized carbons (Fsp3) is 0.292. The molecule has 1 fully saturated rings. The number of amides is 3. The summed E-state index contributed by atoms with van der Waals surface area (Å²) in [6, 6.07) is 17.3. The Bertz CT molecular complexity index is 1060. The second kappa shape index (κ2) is 9.13. The number of hydrogen-bond acceptors (Lipinski definition) is 6.